The van der Waals surface area contributed by atoms with Crippen molar-refractivity contribution >= 4 is 11.6 Å². The van der Waals surface area contributed by atoms with E-state index in [0.29, 0.717) is 16.5 Å². The molecule has 0 N–H and O–H groups in total. The summed E-state index contributed by atoms with van der Waals surface area (Å²) in [7, 11) is 1.55. The number of rotatable bonds is 3. The van der Waals surface area contributed by atoms with Crippen LogP contribution in [0.3, 0.4) is 0 Å². The number of methoxy groups -OCH3 is 1. The first kappa shape index (κ1) is 9.76. The van der Waals surface area contributed by atoms with Crippen molar-refractivity contribution in [2.24, 2.45) is 0 Å². The van der Waals surface area contributed by atoms with Gasteiger partial charge in [-0.1, -0.05) is 23.6 Å². The molecule has 0 aromatic heterocycles. The van der Waals surface area contributed by atoms with Crippen molar-refractivity contribution in [2.45, 2.75) is 0 Å². The van der Waals surface area contributed by atoms with Gasteiger partial charge in [0.25, 0.3) is 0 Å². The summed E-state index contributed by atoms with van der Waals surface area (Å²) < 4.78 is 10.2. The molecule has 2 nitrogen and oxygen atoms in total. The molecule has 0 atom stereocenters. The fourth-order valence-corrected chi connectivity index (χ4v) is 1.14. The fraction of sp³-hybridized carbons (Fsp3) is 0.200. The summed E-state index contributed by atoms with van der Waals surface area (Å²) >= 11 is 5.93. The Morgan fingerprint density at radius 3 is 2.77 bits per heavy atom. The van der Waals surface area contributed by atoms with E-state index in [1.807, 2.05) is 0 Å². The predicted molar refractivity (Wildman–Crippen MR) is 52.3 cm³/mol. The number of hydrogen-bond donors (Lipinski definition) is 0. The van der Waals surface area contributed by atoms with Crippen LogP contribution >= 0.6 is 11.6 Å². The molecule has 0 heterocycles. The molecule has 0 aliphatic carbocycles. The molecule has 13 heavy (non-hydrogen) atoms. The van der Waals surface area contributed by atoms with Gasteiger partial charge in [0.05, 0.1) is 7.11 Å². The van der Waals surface area contributed by atoms with Gasteiger partial charge in [-0.15, -0.1) is 6.42 Å². The zero-order chi connectivity index (χ0) is 9.68. The molecule has 0 bridgehead atoms. The van der Waals surface area contributed by atoms with Crippen molar-refractivity contribution in [1.29, 1.82) is 0 Å². The van der Waals surface area contributed by atoms with Crippen LogP contribution in [-0.4, -0.2) is 13.7 Å². The lowest BCUT2D eigenvalue weighted by Crippen LogP contribution is -1.95. The van der Waals surface area contributed by atoms with E-state index in [9.17, 15) is 0 Å². The van der Waals surface area contributed by atoms with Crippen molar-refractivity contribution in [3.63, 3.8) is 0 Å². The van der Waals surface area contributed by atoms with Crippen LogP contribution in [0.25, 0.3) is 0 Å². The van der Waals surface area contributed by atoms with Crippen molar-refractivity contribution < 1.29 is 9.47 Å². The Hall–Kier alpha value is -1.33. The first-order chi connectivity index (χ1) is 6.29. The second-order valence-electron chi connectivity index (χ2n) is 2.27. The normalized spacial score (nSPS) is 9.00. The standard InChI is InChI=1S/C10H9ClO2/c1-3-7-13-9-6-4-5-8(12-2)10(9)11/h1,4-6H,7H2,2H3. The molecule has 3 heteroatoms. The van der Waals surface area contributed by atoms with E-state index >= 15 is 0 Å². The number of halogens is 1. The molecule has 0 unspecified atom stereocenters. The Morgan fingerprint density at radius 1 is 1.46 bits per heavy atom. The summed E-state index contributed by atoms with van der Waals surface area (Å²) in [6, 6.07) is 5.28. The van der Waals surface area contributed by atoms with Crippen LogP contribution in [0.1, 0.15) is 0 Å². The van der Waals surface area contributed by atoms with Crippen molar-refractivity contribution in [2.75, 3.05) is 13.7 Å². The molecular weight excluding hydrogens is 188 g/mol. The van der Waals surface area contributed by atoms with Crippen molar-refractivity contribution in [3.05, 3.63) is 23.2 Å². The van der Waals surface area contributed by atoms with E-state index < -0.39 is 0 Å². The Balaban J connectivity index is 2.89. The molecule has 1 rings (SSSR count). The minimum absolute atomic E-state index is 0.201. The Morgan fingerprint density at radius 2 is 2.15 bits per heavy atom. The Kier molecular flexibility index (Phi) is 3.48. The predicted octanol–water partition coefficient (Wildman–Crippen LogP) is 2.36. The highest BCUT2D eigenvalue weighted by Gasteiger charge is 2.05. The van der Waals surface area contributed by atoms with Gasteiger partial charge in [0.2, 0.25) is 0 Å². The average molecular weight is 197 g/mol. The largest absolute Gasteiger partial charge is 0.495 e. The summed E-state index contributed by atoms with van der Waals surface area (Å²) in [6.45, 7) is 0.201. The maximum Gasteiger partial charge on any atom is 0.148 e. The number of ether oxygens (including phenoxy) is 2. The molecule has 0 aliphatic heterocycles. The second-order valence-corrected chi connectivity index (χ2v) is 2.64. The van der Waals surface area contributed by atoms with Crippen LogP contribution in [0, 0.1) is 12.3 Å². The van der Waals surface area contributed by atoms with E-state index in [1.165, 1.54) is 0 Å². The minimum Gasteiger partial charge on any atom is -0.495 e. The molecule has 0 amide bonds. The molecule has 0 spiro atoms. The first-order valence-corrected chi connectivity index (χ1v) is 4.06. The van der Waals surface area contributed by atoms with Gasteiger partial charge in [-0.25, -0.2) is 0 Å². The van der Waals surface area contributed by atoms with Gasteiger partial charge in [0.15, 0.2) is 0 Å². The lowest BCUT2D eigenvalue weighted by Gasteiger charge is -2.07. The number of hydrogen-bond acceptors (Lipinski definition) is 2. The van der Waals surface area contributed by atoms with E-state index in [1.54, 1.807) is 25.3 Å². The SMILES string of the molecule is C#CCOc1cccc(OC)c1Cl. The minimum atomic E-state index is 0.201. The fourth-order valence-electron chi connectivity index (χ4n) is 0.879. The molecular formula is C10H9ClO2. The van der Waals surface area contributed by atoms with Crippen LogP contribution in [0.4, 0.5) is 0 Å². The van der Waals surface area contributed by atoms with Gasteiger partial charge >= 0.3 is 0 Å². The summed E-state index contributed by atoms with van der Waals surface area (Å²) in [5.74, 6) is 3.48. The summed E-state index contributed by atoms with van der Waals surface area (Å²) in [5.41, 5.74) is 0. The van der Waals surface area contributed by atoms with E-state index in [0.717, 1.165) is 0 Å². The van der Waals surface area contributed by atoms with E-state index in [2.05, 4.69) is 5.92 Å². The topological polar surface area (TPSA) is 18.5 Å². The number of benzene rings is 1. The molecule has 0 radical (unpaired) electrons. The third-order valence-corrected chi connectivity index (χ3v) is 1.83. The van der Waals surface area contributed by atoms with Crippen LogP contribution in [0.15, 0.2) is 18.2 Å². The van der Waals surface area contributed by atoms with Crippen LogP contribution in [0.5, 0.6) is 11.5 Å². The van der Waals surface area contributed by atoms with E-state index in [4.69, 9.17) is 27.5 Å². The van der Waals surface area contributed by atoms with Gasteiger partial charge in [-0.2, -0.15) is 0 Å². The quantitative estimate of drug-likeness (QED) is 0.691. The molecule has 1 aromatic carbocycles. The monoisotopic (exact) mass is 196 g/mol. The van der Waals surface area contributed by atoms with Crippen LogP contribution in [-0.2, 0) is 0 Å². The van der Waals surface area contributed by atoms with Gasteiger partial charge in [0, 0.05) is 0 Å². The first-order valence-electron chi connectivity index (χ1n) is 3.68. The third kappa shape index (κ3) is 2.30. The van der Waals surface area contributed by atoms with Crippen molar-refractivity contribution in [3.8, 4) is 23.8 Å². The zero-order valence-electron chi connectivity index (χ0n) is 7.21. The Bertz CT molecular complexity index is 328. The van der Waals surface area contributed by atoms with Gasteiger partial charge < -0.3 is 9.47 Å². The molecule has 0 aliphatic rings. The maximum absolute atomic E-state index is 5.93. The Labute approximate surface area is 82.4 Å². The summed E-state index contributed by atoms with van der Waals surface area (Å²) in [5, 5.41) is 0.445. The van der Waals surface area contributed by atoms with Crippen LogP contribution in [0.2, 0.25) is 5.02 Å². The zero-order valence-corrected chi connectivity index (χ0v) is 7.97. The molecule has 0 saturated carbocycles. The lowest BCUT2D eigenvalue weighted by molar-refractivity contribution is 0.363. The second kappa shape index (κ2) is 4.64. The van der Waals surface area contributed by atoms with Gasteiger partial charge in [0.1, 0.15) is 23.1 Å². The molecule has 68 valence electrons. The highest BCUT2D eigenvalue weighted by molar-refractivity contribution is 6.33. The average Bonchev–Trinajstić information content (AvgIpc) is 2.16. The molecule has 0 fully saturated rings. The highest BCUT2D eigenvalue weighted by Crippen LogP contribution is 2.33. The maximum atomic E-state index is 5.93. The smallest absolute Gasteiger partial charge is 0.148 e. The van der Waals surface area contributed by atoms with Crippen LogP contribution < -0.4 is 9.47 Å². The molecule has 0 saturated heterocycles. The van der Waals surface area contributed by atoms with E-state index in [-0.39, 0.29) is 6.61 Å². The van der Waals surface area contributed by atoms with Gasteiger partial charge in [-0.3, -0.25) is 0 Å². The van der Waals surface area contributed by atoms with Gasteiger partial charge in [-0.05, 0) is 12.1 Å². The lowest BCUT2D eigenvalue weighted by atomic mass is 10.3. The van der Waals surface area contributed by atoms with Crippen molar-refractivity contribution in [1.82, 2.24) is 0 Å². The molecule has 1 aromatic rings. The summed E-state index contributed by atoms with van der Waals surface area (Å²) in [6.07, 6.45) is 5.05. The summed E-state index contributed by atoms with van der Waals surface area (Å²) in [4.78, 5) is 0. The number of terminal acetylenes is 1. The third-order valence-electron chi connectivity index (χ3n) is 1.46. The highest BCUT2D eigenvalue weighted by atomic mass is 35.5.